The number of carbonyl (C=O) groups is 1. The van der Waals surface area contributed by atoms with E-state index in [1.54, 1.807) is 21.9 Å². The van der Waals surface area contributed by atoms with Gasteiger partial charge in [-0.3, -0.25) is 14.6 Å². The maximum atomic E-state index is 13.3. The molecule has 0 unspecified atom stereocenters. The van der Waals surface area contributed by atoms with Gasteiger partial charge in [0.25, 0.3) is 11.5 Å². The van der Waals surface area contributed by atoms with Crippen molar-refractivity contribution in [1.29, 1.82) is 0 Å². The Bertz CT molecular complexity index is 1150. The highest BCUT2D eigenvalue weighted by Crippen LogP contribution is 2.33. The molecule has 1 aliphatic carbocycles. The maximum Gasteiger partial charge on any atom is 0.263 e. The molecule has 3 aromatic heterocycles. The van der Waals surface area contributed by atoms with Crippen LogP contribution in [0.1, 0.15) is 53.6 Å². The Hall–Kier alpha value is -3.29. The zero-order valence-electron chi connectivity index (χ0n) is 16.4. The second kappa shape index (κ2) is 6.65. The van der Waals surface area contributed by atoms with Crippen molar-refractivity contribution < 1.29 is 4.79 Å². The average Bonchev–Trinajstić information content (AvgIpc) is 3.46. The van der Waals surface area contributed by atoms with Gasteiger partial charge in [-0.15, -0.1) is 10.2 Å². The van der Waals surface area contributed by atoms with Gasteiger partial charge in [0.1, 0.15) is 11.3 Å². The Morgan fingerprint density at radius 1 is 1.17 bits per heavy atom. The van der Waals surface area contributed by atoms with Gasteiger partial charge in [-0.25, -0.2) is 0 Å². The van der Waals surface area contributed by atoms with Gasteiger partial charge in [0.2, 0.25) is 0 Å². The molecule has 0 spiro atoms. The Balaban J connectivity index is 1.48. The summed E-state index contributed by atoms with van der Waals surface area (Å²) in [5.74, 6) is 1.17. The van der Waals surface area contributed by atoms with E-state index in [1.807, 2.05) is 42.7 Å². The third-order valence-electron chi connectivity index (χ3n) is 5.69. The standard InChI is InChI=1S/C21H22N6O2/c1-13-8-10-26(15-6-7-15)21(29)18(13)20(28)25-11-14(2)27-17(12-25)23-24-19(27)16-5-3-4-9-22-16/h3-5,8-10,14-15H,6-7,11-12H2,1-2H3/t14-/m0/s1. The number of aryl methyl sites for hydroxylation is 1. The molecule has 0 radical (unpaired) electrons. The van der Waals surface area contributed by atoms with Crippen LogP contribution in [-0.4, -0.2) is 41.7 Å². The highest BCUT2D eigenvalue weighted by Gasteiger charge is 2.33. The summed E-state index contributed by atoms with van der Waals surface area (Å²) >= 11 is 0. The number of hydrogen-bond donors (Lipinski definition) is 0. The predicted octanol–water partition coefficient (Wildman–Crippen LogP) is 2.36. The number of pyridine rings is 2. The van der Waals surface area contributed by atoms with Crippen LogP contribution >= 0.6 is 0 Å². The van der Waals surface area contributed by atoms with E-state index >= 15 is 0 Å². The quantitative estimate of drug-likeness (QED) is 0.685. The molecule has 0 bridgehead atoms. The van der Waals surface area contributed by atoms with Crippen LogP contribution in [0.2, 0.25) is 0 Å². The fourth-order valence-corrected chi connectivity index (χ4v) is 4.05. The minimum Gasteiger partial charge on any atom is -0.329 e. The molecule has 3 aromatic rings. The molecule has 2 aliphatic rings. The molecule has 0 saturated heterocycles. The summed E-state index contributed by atoms with van der Waals surface area (Å²) in [6.45, 7) is 4.65. The third-order valence-corrected chi connectivity index (χ3v) is 5.69. The van der Waals surface area contributed by atoms with Crippen molar-refractivity contribution in [3.63, 3.8) is 0 Å². The highest BCUT2D eigenvalue weighted by atomic mass is 16.2. The van der Waals surface area contributed by atoms with Crippen molar-refractivity contribution in [3.8, 4) is 11.5 Å². The van der Waals surface area contributed by atoms with Gasteiger partial charge < -0.3 is 14.0 Å². The zero-order chi connectivity index (χ0) is 20.1. The summed E-state index contributed by atoms with van der Waals surface area (Å²) in [6.07, 6.45) is 5.53. The van der Waals surface area contributed by atoms with Crippen LogP contribution in [0, 0.1) is 6.92 Å². The van der Waals surface area contributed by atoms with Gasteiger partial charge in [-0.05, 0) is 50.5 Å². The summed E-state index contributed by atoms with van der Waals surface area (Å²) in [5, 5.41) is 8.62. The summed E-state index contributed by atoms with van der Waals surface area (Å²) in [5.41, 5.74) is 1.55. The molecule has 1 aliphatic heterocycles. The van der Waals surface area contributed by atoms with Crippen molar-refractivity contribution in [2.45, 2.75) is 45.3 Å². The van der Waals surface area contributed by atoms with Gasteiger partial charge in [-0.2, -0.15) is 0 Å². The lowest BCUT2D eigenvalue weighted by Crippen LogP contribution is -2.43. The number of rotatable bonds is 3. The average molecular weight is 390 g/mol. The third kappa shape index (κ3) is 2.95. The second-order valence-corrected chi connectivity index (χ2v) is 7.88. The van der Waals surface area contributed by atoms with Crippen LogP contribution in [-0.2, 0) is 6.54 Å². The molecule has 148 valence electrons. The molecule has 1 fully saturated rings. The van der Waals surface area contributed by atoms with Crippen LogP contribution in [0.3, 0.4) is 0 Å². The first-order chi connectivity index (χ1) is 14.0. The largest absolute Gasteiger partial charge is 0.329 e. The minimum absolute atomic E-state index is 0.0237. The SMILES string of the molecule is Cc1ccn(C2CC2)c(=O)c1C(=O)N1Cc2nnc(-c3ccccn3)n2[C@@H](C)C1. The van der Waals surface area contributed by atoms with Gasteiger partial charge in [-0.1, -0.05) is 6.07 Å². The molecular formula is C21H22N6O2. The van der Waals surface area contributed by atoms with E-state index in [4.69, 9.17) is 0 Å². The second-order valence-electron chi connectivity index (χ2n) is 7.88. The van der Waals surface area contributed by atoms with E-state index < -0.39 is 0 Å². The van der Waals surface area contributed by atoms with Crippen molar-refractivity contribution in [3.05, 3.63) is 64.0 Å². The fraction of sp³-hybridized carbons (Fsp3) is 0.381. The number of nitrogens with zero attached hydrogens (tertiary/aromatic N) is 6. The molecule has 1 atom stereocenters. The molecule has 0 N–H and O–H groups in total. The zero-order valence-corrected chi connectivity index (χ0v) is 16.4. The van der Waals surface area contributed by atoms with E-state index in [-0.39, 0.29) is 29.1 Å². The molecule has 1 saturated carbocycles. The van der Waals surface area contributed by atoms with Crippen LogP contribution in [0.15, 0.2) is 41.5 Å². The van der Waals surface area contributed by atoms with Gasteiger partial charge in [0, 0.05) is 25.0 Å². The lowest BCUT2D eigenvalue weighted by molar-refractivity contribution is 0.0678. The molecule has 5 rings (SSSR count). The monoisotopic (exact) mass is 390 g/mol. The van der Waals surface area contributed by atoms with Crippen molar-refractivity contribution in [2.75, 3.05) is 6.54 Å². The summed E-state index contributed by atoms with van der Waals surface area (Å²) < 4.78 is 3.74. The maximum absolute atomic E-state index is 13.3. The summed E-state index contributed by atoms with van der Waals surface area (Å²) in [4.78, 5) is 32.3. The number of carbonyl (C=O) groups excluding carboxylic acids is 1. The van der Waals surface area contributed by atoms with E-state index in [1.165, 1.54) is 0 Å². The predicted molar refractivity (Wildman–Crippen MR) is 106 cm³/mol. The van der Waals surface area contributed by atoms with Gasteiger partial charge in [0.15, 0.2) is 11.6 Å². The Morgan fingerprint density at radius 3 is 2.72 bits per heavy atom. The molecular weight excluding hydrogens is 368 g/mol. The molecule has 1 amide bonds. The number of amides is 1. The van der Waals surface area contributed by atoms with E-state index in [0.29, 0.717) is 30.3 Å². The molecule has 8 nitrogen and oxygen atoms in total. The van der Waals surface area contributed by atoms with Gasteiger partial charge >= 0.3 is 0 Å². The van der Waals surface area contributed by atoms with E-state index in [0.717, 1.165) is 18.5 Å². The molecule has 4 heterocycles. The first kappa shape index (κ1) is 17.8. The van der Waals surface area contributed by atoms with Crippen molar-refractivity contribution in [2.24, 2.45) is 0 Å². The summed E-state index contributed by atoms with van der Waals surface area (Å²) in [7, 11) is 0. The van der Waals surface area contributed by atoms with Crippen molar-refractivity contribution in [1.82, 2.24) is 29.2 Å². The van der Waals surface area contributed by atoms with Crippen LogP contribution in [0.4, 0.5) is 0 Å². The minimum atomic E-state index is -0.233. The van der Waals surface area contributed by atoms with Crippen LogP contribution < -0.4 is 5.56 Å². The lowest BCUT2D eigenvalue weighted by Gasteiger charge is -2.32. The van der Waals surface area contributed by atoms with Crippen LogP contribution in [0.25, 0.3) is 11.5 Å². The van der Waals surface area contributed by atoms with E-state index in [2.05, 4.69) is 15.2 Å². The normalized spacial score (nSPS) is 18.6. The topological polar surface area (TPSA) is 85.9 Å². The van der Waals surface area contributed by atoms with E-state index in [9.17, 15) is 9.59 Å². The summed E-state index contributed by atoms with van der Waals surface area (Å²) in [6, 6.07) is 7.74. The molecule has 0 aromatic carbocycles. The van der Waals surface area contributed by atoms with Crippen molar-refractivity contribution >= 4 is 5.91 Å². The Morgan fingerprint density at radius 2 is 2.00 bits per heavy atom. The Labute approximate surface area is 167 Å². The van der Waals surface area contributed by atoms with Gasteiger partial charge in [0.05, 0.1) is 12.6 Å². The van der Waals surface area contributed by atoms with Crippen LogP contribution in [0.5, 0.6) is 0 Å². The number of aromatic nitrogens is 5. The molecule has 8 heteroatoms. The Kier molecular flexibility index (Phi) is 4.08. The number of fused-ring (bicyclic) bond motifs is 1. The lowest BCUT2D eigenvalue weighted by atomic mass is 10.1. The molecule has 29 heavy (non-hydrogen) atoms. The first-order valence-electron chi connectivity index (χ1n) is 9.91. The number of hydrogen-bond acceptors (Lipinski definition) is 5. The first-order valence-corrected chi connectivity index (χ1v) is 9.91. The smallest absolute Gasteiger partial charge is 0.263 e. The fourth-order valence-electron chi connectivity index (χ4n) is 4.05. The highest BCUT2D eigenvalue weighted by molar-refractivity contribution is 5.95.